The maximum Gasteiger partial charge on any atom is 0.280 e. The average Bonchev–Trinajstić information content (AvgIpc) is 2.98. The molecule has 0 atom stereocenters. The number of carbonyl (C=O) groups excluding carboxylic acids is 1. The van der Waals surface area contributed by atoms with Crippen LogP contribution in [0.1, 0.15) is 5.56 Å². The lowest BCUT2D eigenvalue weighted by Gasteiger charge is -2.34. The van der Waals surface area contributed by atoms with E-state index in [0.29, 0.717) is 23.4 Å². The number of hydrogen-bond acceptors (Lipinski definition) is 5. The molecule has 0 saturated carbocycles. The second-order valence-corrected chi connectivity index (χ2v) is 6.77. The first-order valence-corrected chi connectivity index (χ1v) is 9.02. The van der Waals surface area contributed by atoms with Gasteiger partial charge in [0.25, 0.3) is 5.91 Å². The fraction of sp³-hybridized carbons (Fsp3) is 0.158. The fourth-order valence-electron chi connectivity index (χ4n) is 2.78. The van der Waals surface area contributed by atoms with Crippen LogP contribution < -0.4 is 9.64 Å². The summed E-state index contributed by atoms with van der Waals surface area (Å²) in [5.74, 6) is 1.02. The van der Waals surface area contributed by atoms with Crippen molar-refractivity contribution >= 4 is 34.6 Å². The first-order chi connectivity index (χ1) is 12.6. The van der Waals surface area contributed by atoms with Crippen molar-refractivity contribution in [1.82, 2.24) is 4.90 Å². The van der Waals surface area contributed by atoms with Crippen LogP contribution in [-0.4, -0.2) is 35.6 Å². The van der Waals surface area contributed by atoms with Gasteiger partial charge >= 0.3 is 0 Å². The number of nitrogens with zero attached hydrogens (tertiary/aromatic N) is 3. The van der Waals surface area contributed by atoms with E-state index < -0.39 is 0 Å². The van der Waals surface area contributed by atoms with E-state index in [1.54, 1.807) is 30.2 Å². The molecule has 7 heteroatoms. The number of amides is 1. The van der Waals surface area contributed by atoms with Gasteiger partial charge in [0.15, 0.2) is 5.17 Å². The Balaban J connectivity index is 1.53. The Morgan fingerprint density at radius 2 is 1.88 bits per heavy atom. The number of aliphatic imine (C=N–C) groups is 1. The molecule has 2 aromatic rings. The average molecular weight is 369 g/mol. The van der Waals surface area contributed by atoms with E-state index in [1.807, 2.05) is 29.2 Å². The van der Waals surface area contributed by atoms with Crippen molar-refractivity contribution in [3.8, 4) is 5.75 Å². The molecule has 26 heavy (non-hydrogen) atoms. The van der Waals surface area contributed by atoms with E-state index in [4.69, 9.17) is 4.74 Å². The number of hydrogen-bond donors (Lipinski definition) is 0. The summed E-state index contributed by atoms with van der Waals surface area (Å²) >= 11 is 1.49. The zero-order valence-electron chi connectivity index (χ0n) is 14.1. The number of carbonyl (C=O) groups is 1. The number of ether oxygens (including phenoxy) is 1. The third kappa shape index (κ3) is 3.17. The minimum atomic E-state index is -0.275. The molecule has 4 rings (SSSR count). The molecule has 0 radical (unpaired) electrons. The normalized spacial score (nSPS) is 18.2. The molecule has 0 aromatic heterocycles. The highest BCUT2D eigenvalue weighted by molar-refractivity contribution is 8.14. The molecular weight excluding hydrogens is 353 g/mol. The summed E-state index contributed by atoms with van der Waals surface area (Å²) in [5.41, 5.74) is 2.18. The molecule has 132 valence electrons. The van der Waals surface area contributed by atoms with E-state index in [9.17, 15) is 9.18 Å². The first kappa shape index (κ1) is 16.7. The van der Waals surface area contributed by atoms with Crippen LogP contribution in [0.4, 0.5) is 10.1 Å². The van der Waals surface area contributed by atoms with E-state index in [1.165, 1.54) is 23.9 Å². The Hall–Kier alpha value is -2.80. The quantitative estimate of drug-likeness (QED) is 0.777. The van der Waals surface area contributed by atoms with Crippen LogP contribution in [0, 0.1) is 5.82 Å². The van der Waals surface area contributed by atoms with Crippen LogP contribution in [0.25, 0.3) is 6.08 Å². The Bertz CT molecular complexity index is 894. The Labute approximate surface area is 154 Å². The molecule has 2 heterocycles. The van der Waals surface area contributed by atoms with Crippen molar-refractivity contribution in [1.29, 1.82) is 0 Å². The standard InChI is InChI=1S/C19H16FN3O2S/c1-25-16-8-2-13(3-9-16)10-17-18(24)23-11-22(12-26-19(23)21-17)15-6-4-14(20)5-7-15/h2-10H,11-12H2,1H3/b17-10-. The van der Waals surface area contributed by atoms with Gasteiger partial charge in [0.2, 0.25) is 0 Å². The highest BCUT2D eigenvalue weighted by Crippen LogP contribution is 2.31. The topological polar surface area (TPSA) is 45.1 Å². The molecule has 1 saturated heterocycles. The molecule has 1 amide bonds. The van der Waals surface area contributed by atoms with Crippen molar-refractivity contribution in [2.75, 3.05) is 24.6 Å². The second-order valence-electron chi connectivity index (χ2n) is 5.86. The fourth-order valence-corrected chi connectivity index (χ4v) is 3.74. The van der Waals surface area contributed by atoms with Gasteiger partial charge in [-0.3, -0.25) is 9.69 Å². The van der Waals surface area contributed by atoms with Crippen LogP contribution >= 0.6 is 11.8 Å². The van der Waals surface area contributed by atoms with Crippen LogP contribution in [-0.2, 0) is 4.79 Å². The number of thioether (sulfide) groups is 1. The molecule has 0 aliphatic carbocycles. The second kappa shape index (κ2) is 6.84. The number of rotatable bonds is 3. The van der Waals surface area contributed by atoms with E-state index >= 15 is 0 Å². The lowest BCUT2D eigenvalue weighted by Crippen LogP contribution is -2.46. The molecule has 0 spiro atoms. The molecule has 2 aromatic carbocycles. The minimum Gasteiger partial charge on any atom is -0.497 e. The summed E-state index contributed by atoms with van der Waals surface area (Å²) in [4.78, 5) is 20.8. The van der Waals surface area contributed by atoms with E-state index in [-0.39, 0.29) is 11.7 Å². The summed E-state index contributed by atoms with van der Waals surface area (Å²) in [5, 5.41) is 0.702. The van der Waals surface area contributed by atoms with Crippen molar-refractivity contribution in [2.24, 2.45) is 4.99 Å². The molecule has 2 aliphatic heterocycles. The third-order valence-electron chi connectivity index (χ3n) is 4.18. The van der Waals surface area contributed by atoms with Gasteiger partial charge < -0.3 is 9.64 Å². The number of methoxy groups -OCH3 is 1. The lowest BCUT2D eigenvalue weighted by atomic mass is 10.2. The number of anilines is 1. The van der Waals surface area contributed by atoms with Gasteiger partial charge in [-0.2, -0.15) is 0 Å². The number of halogens is 1. The first-order valence-electron chi connectivity index (χ1n) is 8.04. The number of amidine groups is 1. The molecule has 1 fully saturated rings. The molecule has 2 aliphatic rings. The van der Waals surface area contributed by atoms with Crippen molar-refractivity contribution in [3.05, 3.63) is 65.6 Å². The zero-order valence-corrected chi connectivity index (χ0v) is 14.9. The van der Waals surface area contributed by atoms with E-state index in [0.717, 1.165) is 17.0 Å². The van der Waals surface area contributed by atoms with Crippen LogP contribution in [0.5, 0.6) is 5.75 Å². The number of benzene rings is 2. The maximum absolute atomic E-state index is 13.1. The molecule has 0 bridgehead atoms. The Morgan fingerprint density at radius 3 is 2.58 bits per heavy atom. The number of fused-ring (bicyclic) bond motifs is 1. The zero-order chi connectivity index (χ0) is 18.1. The highest BCUT2D eigenvalue weighted by Gasteiger charge is 2.35. The summed E-state index contributed by atoms with van der Waals surface area (Å²) in [6.45, 7) is 0.399. The van der Waals surface area contributed by atoms with Crippen LogP contribution in [0.2, 0.25) is 0 Å². The summed E-state index contributed by atoms with van der Waals surface area (Å²) in [6.07, 6.45) is 1.77. The van der Waals surface area contributed by atoms with Gasteiger partial charge in [-0.25, -0.2) is 9.38 Å². The van der Waals surface area contributed by atoms with Gasteiger partial charge in [-0.05, 0) is 48.0 Å². The van der Waals surface area contributed by atoms with Crippen LogP contribution in [0.15, 0.2) is 59.2 Å². The van der Waals surface area contributed by atoms with Gasteiger partial charge in [0, 0.05) is 5.69 Å². The Morgan fingerprint density at radius 1 is 1.15 bits per heavy atom. The summed E-state index contributed by atoms with van der Waals surface area (Å²) < 4.78 is 18.3. The highest BCUT2D eigenvalue weighted by atomic mass is 32.2. The van der Waals surface area contributed by atoms with Crippen molar-refractivity contribution in [2.45, 2.75) is 0 Å². The SMILES string of the molecule is COc1ccc(/C=C2\N=C3SCN(c4ccc(F)cc4)CN3C2=O)cc1. The van der Waals surface area contributed by atoms with Crippen LogP contribution in [0.3, 0.4) is 0 Å². The molecular formula is C19H16FN3O2S. The molecule has 0 N–H and O–H groups in total. The monoisotopic (exact) mass is 369 g/mol. The minimum absolute atomic E-state index is 0.130. The predicted molar refractivity (Wildman–Crippen MR) is 101 cm³/mol. The summed E-state index contributed by atoms with van der Waals surface area (Å²) in [7, 11) is 1.61. The van der Waals surface area contributed by atoms with Crippen molar-refractivity contribution < 1.29 is 13.9 Å². The van der Waals surface area contributed by atoms with Gasteiger partial charge in [-0.1, -0.05) is 23.9 Å². The smallest absolute Gasteiger partial charge is 0.280 e. The van der Waals surface area contributed by atoms with Gasteiger partial charge in [0.1, 0.15) is 23.9 Å². The largest absolute Gasteiger partial charge is 0.497 e. The summed E-state index contributed by atoms with van der Waals surface area (Å²) in [6, 6.07) is 13.7. The molecule has 5 nitrogen and oxygen atoms in total. The van der Waals surface area contributed by atoms with Crippen molar-refractivity contribution in [3.63, 3.8) is 0 Å². The van der Waals surface area contributed by atoms with Gasteiger partial charge in [-0.15, -0.1) is 0 Å². The maximum atomic E-state index is 13.1. The molecule has 0 unspecified atom stereocenters. The van der Waals surface area contributed by atoms with E-state index in [2.05, 4.69) is 4.99 Å². The predicted octanol–water partition coefficient (Wildman–Crippen LogP) is 3.54. The Kier molecular flexibility index (Phi) is 4.38. The van der Waals surface area contributed by atoms with Gasteiger partial charge in [0.05, 0.1) is 13.0 Å². The lowest BCUT2D eigenvalue weighted by molar-refractivity contribution is -0.122. The third-order valence-corrected chi connectivity index (χ3v) is 5.19.